The van der Waals surface area contributed by atoms with Crippen molar-refractivity contribution >= 4 is 0 Å². The Morgan fingerprint density at radius 2 is 1.96 bits per heavy atom. The smallest absolute Gasteiger partial charge is 0.158 e. The van der Waals surface area contributed by atoms with Crippen molar-refractivity contribution in [2.45, 2.75) is 45.3 Å². The predicted octanol–water partition coefficient (Wildman–Crippen LogP) is 3.62. The molecule has 2 aromatic heterocycles. The number of aryl methyl sites for hydroxylation is 1. The number of benzene rings is 1. The van der Waals surface area contributed by atoms with E-state index in [1.165, 1.54) is 0 Å². The first-order valence-corrected chi connectivity index (χ1v) is 8.64. The van der Waals surface area contributed by atoms with Gasteiger partial charge in [0.25, 0.3) is 0 Å². The predicted molar refractivity (Wildman–Crippen MR) is 96.2 cm³/mol. The van der Waals surface area contributed by atoms with E-state index in [0.29, 0.717) is 0 Å². The number of hydrogen-bond acceptors (Lipinski definition) is 4. The van der Waals surface area contributed by atoms with Crippen molar-refractivity contribution in [1.82, 2.24) is 19.5 Å². The Hall–Kier alpha value is -2.60. The van der Waals surface area contributed by atoms with Gasteiger partial charge in [0.2, 0.25) is 0 Å². The maximum atomic E-state index is 10.7. The summed E-state index contributed by atoms with van der Waals surface area (Å²) in [5.41, 5.74) is 1.60. The molecule has 25 heavy (non-hydrogen) atoms. The van der Waals surface area contributed by atoms with Crippen LogP contribution in [-0.4, -0.2) is 29.7 Å². The summed E-state index contributed by atoms with van der Waals surface area (Å²) in [7, 11) is 0. The van der Waals surface area contributed by atoms with Crippen LogP contribution in [-0.2, 0) is 6.42 Å². The van der Waals surface area contributed by atoms with Gasteiger partial charge in [0.15, 0.2) is 5.82 Å². The molecule has 0 spiro atoms. The lowest BCUT2D eigenvalue weighted by Crippen LogP contribution is -2.15. The van der Waals surface area contributed by atoms with Crippen LogP contribution in [0.3, 0.4) is 0 Å². The molecule has 6 nitrogen and oxygen atoms in total. The van der Waals surface area contributed by atoms with Crippen LogP contribution in [0, 0.1) is 0 Å². The lowest BCUT2D eigenvalue weighted by Gasteiger charge is -2.22. The number of phenols is 1. The minimum absolute atomic E-state index is 0.184. The quantitative estimate of drug-likeness (QED) is 0.613. The Morgan fingerprint density at radius 3 is 2.68 bits per heavy atom. The van der Waals surface area contributed by atoms with Gasteiger partial charge in [-0.1, -0.05) is 25.5 Å². The summed E-state index contributed by atoms with van der Waals surface area (Å²) < 4.78 is 1.94. The number of aromatic amines is 1. The van der Waals surface area contributed by atoms with E-state index in [4.69, 9.17) is 0 Å². The summed E-state index contributed by atoms with van der Waals surface area (Å²) in [6.07, 6.45) is 7.80. The molecule has 3 N–H and O–H groups in total. The average Bonchev–Trinajstić information content (AvgIpc) is 3.28. The molecule has 1 aromatic carbocycles. The summed E-state index contributed by atoms with van der Waals surface area (Å²) in [4.78, 5) is 12.2. The number of phenolic OH excluding ortho intramolecular Hbond substituents is 1. The number of unbranched alkanes of at least 4 members (excludes halogenated alkanes) is 1. The Labute approximate surface area is 147 Å². The van der Waals surface area contributed by atoms with E-state index < -0.39 is 6.10 Å². The number of aromatic nitrogens is 4. The molecule has 0 bridgehead atoms. The highest BCUT2D eigenvalue weighted by atomic mass is 16.3. The molecule has 132 valence electrons. The minimum atomic E-state index is -0.712. The van der Waals surface area contributed by atoms with Gasteiger partial charge in [0, 0.05) is 18.8 Å². The number of imidazole rings is 2. The second-order valence-electron chi connectivity index (χ2n) is 6.28. The standard InChI is InChI=1S/C19H24N4O2/c1-3-4-5-17-21-12-16(22-17)19-20-10-11-23(19)13(2)18(25)14-6-8-15(24)9-7-14/h6-13,18,24-25H,3-5H2,1-2H3,(H,21,22)/t13-,18-/m0/s1. The molecule has 0 fully saturated rings. The number of aliphatic hydroxyl groups is 1. The highest BCUT2D eigenvalue weighted by molar-refractivity contribution is 5.49. The molecule has 0 amide bonds. The zero-order valence-electron chi connectivity index (χ0n) is 14.6. The van der Waals surface area contributed by atoms with E-state index in [-0.39, 0.29) is 11.8 Å². The van der Waals surface area contributed by atoms with Gasteiger partial charge in [-0.05, 0) is 31.0 Å². The normalized spacial score (nSPS) is 13.7. The van der Waals surface area contributed by atoms with Crippen molar-refractivity contribution in [3.05, 3.63) is 54.2 Å². The lowest BCUT2D eigenvalue weighted by atomic mass is 10.0. The van der Waals surface area contributed by atoms with Crippen molar-refractivity contribution in [3.8, 4) is 17.3 Å². The molecular formula is C19H24N4O2. The van der Waals surface area contributed by atoms with Crippen molar-refractivity contribution in [2.24, 2.45) is 0 Å². The highest BCUT2D eigenvalue weighted by Crippen LogP contribution is 2.30. The van der Waals surface area contributed by atoms with Crippen molar-refractivity contribution in [1.29, 1.82) is 0 Å². The highest BCUT2D eigenvalue weighted by Gasteiger charge is 2.21. The Balaban J connectivity index is 1.82. The van der Waals surface area contributed by atoms with E-state index in [9.17, 15) is 10.2 Å². The Bertz CT molecular complexity index is 807. The van der Waals surface area contributed by atoms with E-state index in [1.54, 1.807) is 36.7 Å². The van der Waals surface area contributed by atoms with Crippen molar-refractivity contribution < 1.29 is 10.2 Å². The van der Waals surface area contributed by atoms with Gasteiger partial charge in [0.1, 0.15) is 17.3 Å². The number of hydrogen-bond donors (Lipinski definition) is 3. The largest absolute Gasteiger partial charge is 0.508 e. The van der Waals surface area contributed by atoms with Crippen LogP contribution in [0.5, 0.6) is 5.75 Å². The van der Waals surface area contributed by atoms with Gasteiger partial charge in [0.05, 0.1) is 18.3 Å². The SMILES string of the molecule is CCCCc1ncc(-c2nccn2[C@@H](C)[C@H](O)c2ccc(O)cc2)[nH]1. The molecule has 2 atom stereocenters. The molecular weight excluding hydrogens is 316 g/mol. The number of nitrogens with zero attached hydrogens (tertiary/aromatic N) is 3. The average molecular weight is 340 g/mol. The topological polar surface area (TPSA) is 87.0 Å². The maximum Gasteiger partial charge on any atom is 0.158 e. The Kier molecular flexibility index (Phi) is 5.19. The van der Waals surface area contributed by atoms with E-state index >= 15 is 0 Å². The molecule has 0 aliphatic rings. The number of rotatable bonds is 7. The van der Waals surface area contributed by atoms with E-state index in [2.05, 4.69) is 21.9 Å². The third-order valence-electron chi connectivity index (χ3n) is 4.44. The van der Waals surface area contributed by atoms with Crippen LogP contribution >= 0.6 is 0 Å². The molecule has 2 heterocycles. The van der Waals surface area contributed by atoms with Gasteiger partial charge in [-0.3, -0.25) is 0 Å². The molecule has 3 aromatic rings. The minimum Gasteiger partial charge on any atom is -0.508 e. The van der Waals surface area contributed by atoms with Gasteiger partial charge in [-0.25, -0.2) is 9.97 Å². The fourth-order valence-corrected chi connectivity index (χ4v) is 2.90. The van der Waals surface area contributed by atoms with Gasteiger partial charge in [-0.15, -0.1) is 0 Å². The van der Waals surface area contributed by atoms with Gasteiger partial charge in [-0.2, -0.15) is 0 Å². The first-order valence-electron chi connectivity index (χ1n) is 8.64. The van der Waals surface area contributed by atoms with Crippen LogP contribution in [0.1, 0.15) is 50.2 Å². The fourth-order valence-electron chi connectivity index (χ4n) is 2.90. The number of H-pyrrole nitrogens is 1. The van der Waals surface area contributed by atoms with Crippen LogP contribution < -0.4 is 0 Å². The number of nitrogens with one attached hydrogen (secondary N) is 1. The van der Waals surface area contributed by atoms with Crippen molar-refractivity contribution in [2.75, 3.05) is 0 Å². The zero-order valence-corrected chi connectivity index (χ0v) is 14.6. The molecule has 3 rings (SSSR count). The zero-order chi connectivity index (χ0) is 17.8. The molecule has 6 heteroatoms. The first kappa shape index (κ1) is 17.2. The molecule has 0 saturated heterocycles. The maximum absolute atomic E-state index is 10.7. The molecule has 0 aliphatic carbocycles. The number of aromatic hydroxyl groups is 1. The van der Waals surface area contributed by atoms with E-state index in [1.807, 2.05) is 17.7 Å². The Morgan fingerprint density at radius 1 is 1.20 bits per heavy atom. The third kappa shape index (κ3) is 3.74. The molecule has 0 unspecified atom stereocenters. The summed E-state index contributed by atoms with van der Waals surface area (Å²) in [6, 6.07) is 6.40. The summed E-state index contributed by atoms with van der Waals surface area (Å²) in [6.45, 7) is 4.10. The summed E-state index contributed by atoms with van der Waals surface area (Å²) in [5, 5.41) is 20.1. The second-order valence-corrected chi connectivity index (χ2v) is 6.28. The second kappa shape index (κ2) is 7.53. The molecule has 0 radical (unpaired) electrons. The number of aliphatic hydroxyl groups excluding tert-OH is 1. The first-order chi connectivity index (χ1) is 12.1. The van der Waals surface area contributed by atoms with Crippen LogP contribution in [0.25, 0.3) is 11.5 Å². The third-order valence-corrected chi connectivity index (χ3v) is 4.44. The molecule has 0 aliphatic heterocycles. The lowest BCUT2D eigenvalue weighted by molar-refractivity contribution is 0.122. The van der Waals surface area contributed by atoms with Crippen molar-refractivity contribution in [3.63, 3.8) is 0 Å². The monoisotopic (exact) mass is 340 g/mol. The van der Waals surface area contributed by atoms with Crippen LogP contribution in [0.4, 0.5) is 0 Å². The summed E-state index contributed by atoms with van der Waals surface area (Å²) in [5.74, 6) is 1.89. The van der Waals surface area contributed by atoms with Crippen LogP contribution in [0.15, 0.2) is 42.9 Å². The van der Waals surface area contributed by atoms with Gasteiger partial charge < -0.3 is 19.8 Å². The van der Waals surface area contributed by atoms with Gasteiger partial charge >= 0.3 is 0 Å². The fraction of sp³-hybridized carbons (Fsp3) is 0.368. The van der Waals surface area contributed by atoms with E-state index in [0.717, 1.165) is 42.2 Å². The molecule has 0 saturated carbocycles. The summed E-state index contributed by atoms with van der Waals surface area (Å²) >= 11 is 0. The van der Waals surface area contributed by atoms with Crippen LogP contribution in [0.2, 0.25) is 0 Å².